The van der Waals surface area contributed by atoms with Crippen molar-refractivity contribution in [1.29, 1.82) is 0 Å². The van der Waals surface area contributed by atoms with Gasteiger partial charge in [0.05, 0.1) is 33.6 Å². The first-order valence-corrected chi connectivity index (χ1v) is 9.26. The molecule has 0 radical (unpaired) electrons. The van der Waals surface area contributed by atoms with Crippen LogP contribution in [0.3, 0.4) is 0 Å². The van der Waals surface area contributed by atoms with Gasteiger partial charge in [-0.1, -0.05) is 24.3 Å². The molecule has 3 aromatic carbocycles. The van der Waals surface area contributed by atoms with Crippen LogP contribution in [-0.4, -0.2) is 23.6 Å². The first-order chi connectivity index (χ1) is 14.4. The van der Waals surface area contributed by atoms with Crippen molar-refractivity contribution in [2.24, 2.45) is 0 Å². The molecule has 0 spiro atoms. The molecule has 3 aromatic rings. The number of rotatable bonds is 2. The van der Waals surface area contributed by atoms with E-state index in [4.69, 9.17) is 5.73 Å². The third-order valence-corrected chi connectivity index (χ3v) is 5.50. The van der Waals surface area contributed by atoms with Crippen molar-refractivity contribution < 1.29 is 19.2 Å². The molecule has 0 atom stereocenters. The molecule has 2 aliphatic rings. The van der Waals surface area contributed by atoms with Crippen molar-refractivity contribution >= 4 is 40.7 Å². The average molecular weight is 414 g/mol. The van der Waals surface area contributed by atoms with E-state index in [1.165, 1.54) is 6.07 Å². The van der Waals surface area contributed by atoms with Gasteiger partial charge in [-0.25, -0.2) is 9.80 Å². The lowest BCUT2D eigenvalue weighted by molar-refractivity contribution is 0.0904. The van der Waals surface area contributed by atoms with Gasteiger partial charge in [0.1, 0.15) is 0 Å². The largest absolute Gasteiger partial charge is 0.398 e. The van der Waals surface area contributed by atoms with E-state index < -0.39 is 23.6 Å². The van der Waals surface area contributed by atoms with Crippen LogP contribution in [0.15, 0.2) is 60.7 Å². The summed E-state index contributed by atoms with van der Waals surface area (Å²) in [4.78, 5) is 54.3. The van der Waals surface area contributed by atoms with Crippen LogP contribution in [0.5, 0.6) is 0 Å². The Morgan fingerprint density at radius 2 is 1.00 bits per heavy atom. The summed E-state index contributed by atoms with van der Waals surface area (Å²) < 4.78 is 0. The van der Waals surface area contributed by atoms with E-state index in [0.717, 1.165) is 9.80 Å². The zero-order valence-electron chi connectivity index (χ0n) is 16.6. The van der Waals surface area contributed by atoms with Crippen molar-refractivity contribution in [2.45, 2.75) is 6.92 Å². The molecule has 8 nitrogen and oxygen atoms in total. The Bertz CT molecular complexity index is 1240. The van der Waals surface area contributed by atoms with Gasteiger partial charge in [-0.2, -0.15) is 0 Å². The number of benzene rings is 3. The third kappa shape index (κ3) is 2.59. The summed E-state index contributed by atoms with van der Waals surface area (Å²) >= 11 is 0. The maximum atomic E-state index is 13.1. The number of anilines is 3. The molecule has 5 N–H and O–H groups in total. The second-order valence-corrected chi connectivity index (χ2v) is 7.13. The number of hydrogen-bond donors (Lipinski definition) is 2. The van der Waals surface area contributed by atoms with E-state index in [0.29, 0.717) is 11.3 Å². The summed E-state index contributed by atoms with van der Waals surface area (Å²) in [7, 11) is 0. The van der Waals surface area contributed by atoms with Crippen molar-refractivity contribution in [3.05, 3.63) is 88.5 Å². The number of imide groups is 2. The highest BCUT2D eigenvalue weighted by Gasteiger charge is 2.43. The summed E-state index contributed by atoms with van der Waals surface area (Å²) in [6.07, 6.45) is 0. The molecule has 0 aromatic heterocycles. The minimum absolute atomic E-state index is 0. The molecule has 5 rings (SSSR count). The molecule has 8 heteroatoms. The Morgan fingerprint density at radius 1 is 0.613 bits per heavy atom. The monoisotopic (exact) mass is 414 g/mol. The van der Waals surface area contributed by atoms with E-state index in [2.05, 4.69) is 0 Å². The van der Waals surface area contributed by atoms with E-state index >= 15 is 0 Å². The van der Waals surface area contributed by atoms with Crippen molar-refractivity contribution in [2.75, 3.05) is 15.5 Å². The molecular formula is C23H18N4O4. The molecular weight excluding hydrogens is 396 g/mol. The number of fused-ring (bicyclic) bond motifs is 2. The van der Waals surface area contributed by atoms with E-state index in [1.807, 2.05) is 0 Å². The molecule has 2 heterocycles. The number of nitrogens with zero attached hydrogens (tertiary/aromatic N) is 2. The minimum Gasteiger partial charge on any atom is -0.398 e. The smallest absolute Gasteiger partial charge is 0.266 e. The molecule has 0 saturated carbocycles. The van der Waals surface area contributed by atoms with Crippen LogP contribution < -0.4 is 21.7 Å². The lowest BCUT2D eigenvalue weighted by atomic mass is 10.1. The molecule has 0 fully saturated rings. The van der Waals surface area contributed by atoms with Crippen LogP contribution >= 0.6 is 0 Å². The summed E-state index contributed by atoms with van der Waals surface area (Å²) in [5, 5.41) is 0. The highest BCUT2D eigenvalue weighted by atomic mass is 16.2. The van der Waals surface area contributed by atoms with Crippen LogP contribution in [0, 0.1) is 6.92 Å². The quantitative estimate of drug-likeness (QED) is 0.487. The minimum atomic E-state index is -0.526. The lowest BCUT2D eigenvalue weighted by Gasteiger charge is -2.25. The molecule has 0 unspecified atom stereocenters. The van der Waals surface area contributed by atoms with Gasteiger partial charge < -0.3 is 11.9 Å². The van der Waals surface area contributed by atoms with Gasteiger partial charge in [0, 0.05) is 5.69 Å². The lowest BCUT2D eigenvalue weighted by Crippen LogP contribution is -2.35. The van der Waals surface area contributed by atoms with E-state index in [9.17, 15) is 19.2 Å². The zero-order chi connectivity index (χ0) is 21.2. The van der Waals surface area contributed by atoms with Crippen LogP contribution in [0.2, 0.25) is 0 Å². The Balaban J connectivity index is 0.00000231. The first-order valence-electron chi connectivity index (χ1n) is 9.26. The number of hydrogen-bond acceptors (Lipinski definition) is 6. The van der Waals surface area contributed by atoms with Crippen LogP contribution in [-0.2, 0) is 0 Å². The van der Waals surface area contributed by atoms with Gasteiger partial charge in [-0.15, -0.1) is 0 Å². The van der Waals surface area contributed by atoms with Gasteiger partial charge in [0.2, 0.25) is 0 Å². The molecule has 4 amide bonds. The van der Waals surface area contributed by atoms with Gasteiger partial charge >= 0.3 is 0 Å². The Labute approximate surface area is 177 Å². The standard InChI is InChI=1S/C23H15N3O4.H3N/c1-12-17(24)10-11-18(25-20(27)13-6-2-3-7-14(13)21(25)28)19(12)26-22(29)15-8-4-5-9-16(15)23(26)30;/h2-11H,24H2,1H3;1H3. The van der Waals surface area contributed by atoms with Crippen LogP contribution in [0.1, 0.15) is 47.0 Å². The van der Waals surface area contributed by atoms with E-state index in [1.54, 1.807) is 61.5 Å². The van der Waals surface area contributed by atoms with Crippen LogP contribution in [0.4, 0.5) is 17.1 Å². The van der Waals surface area contributed by atoms with Gasteiger partial charge in [0.25, 0.3) is 23.6 Å². The number of carbonyl (C=O) groups is 4. The number of carbonyl (C=O) groups excluding carboxylic acids is 4. The fourth-order valence-electron chi connectivity index (χ4n) is 3.96. The first kappa shape index (κ1) is 20.0. The fourth-order valence-corrected chi connectivity index (χ4v) is 3.96. The predicted molar refractivity (Wildman–Crippen MR) is 116 cm³/mol. The molecule has 0 aliphatic carbocycles. The number of amides is 4. The van der Waals surface area contributed by atoms with Gasteiger partial charge in [-0.05, 0) is 48.9 Å². The predicted octanol–water partition coefficient (Wildman–Crippen LogP) is 3.34. The Hall–Kier alpha value is -4.30. The molecule has 0 bridgehead atoms. The SMILES string of the molecule is Cc1c(N)ccc(N2C(=O)c3ccccc3C2=O)c1N1C(=O)c2ccccc2C1=O.N. The maximum absolute atomic E-state index is 13.1. The van der Waals surface area contributed by atoms with Gasteiger partial charge in [-0.3, -0.25) is 19.2 Å². The molecule has 0 saturated heterocycles. The Morgan fingerprint density at radius 3 is 1.42 bits per heavy atom. The van der Waals surface area contributed by atoms with E-state index in [-0.39, 0.29) is 39.8 Å². The maximum Gasteiger partial charge on any atom is 0.266 e. The molecule has 31 heavy (non-hydrogen) atoms. The topological polar surface area (TPSA) is 136 Å². The summed E-state index contributed by atoms with van der Waals surface area (Å²) in [6.45, 7) is 1.65. The number of nitrogen functional groups attached to an aromatic ring is 1. The second-order valence-electron chi connectivity index (χ2n) is 7.13. The normalized spacial score (nSPS) is 14.6. The summed E-state index contributed by atoms with van der Waals surface area (Å²) in [5.41, 5.74) is 8.17. The van der Waals surface area contributed by atoms with Crippen molar-refractivity contribution in [3.8, 4) is 0 Å². The average Bonchev–Trinajstić information content (AvgIpc) is 3.16. The highest BCUT2D eigenvalue weighted by molar-refractivity contribution is 6.39. The Kier molecular flexibility index (Phi) is 4.44. The van der Waals surface area contributed by atoms with Gasteiger partial charge in [0.15, 0.2) is 0 Å². The van der Waals surface area contributed by atoms with Crippen molar-refractivity contribution in [3.63, 3.8) is 0 Å². The fraction of sp³-hybridized carbons (Fsp3) is 0.0435. The number of nitrogens with two attached hydrogens (primary N) is 1. The third-order valence-electron chi connectivity index (χ3n) is 5.50. The van der Waals surface area contributed by atoms with Crippen LogP contribution in [0.25, 0.3) is 0 Å². The second kappa shape index (κ2) is 6.89. The molecule has 2 aliphatic heterocycles. The zero-order valence-corrected chi connectivity index (χ0v) is 16.6. The summed E-state index contributed by atoms with van der Waals surface area (Å²) in [6, 6.07) is 16.0. The summed E-state index contributed by atoms with van der Waals surface area (Å²) in [5.74, 6) is -2.08. The highest BCUT2D eigenvalue weighted by Crippen LogP contribution is 2.42. The molecule has 154 valence electrons. The van der Waals surface area contributed by atoms with Crippen molar-refractivity contribution in [1.82, 2.24) is 6.15 Å².